The third kappa shape index (κ3) is 4.74. The van der Waals surface area contributed by atoms with Crippen LogP contribution in [0.15, 0.2) is 47.3 Å². The lowest BCUT2D eigenvalue weighted by molar-refractivity contribution is -0.129. The van der Waals surface area contributed by atoms with E-state index in [1.165, 1.54) is 6.92 Å². The summed E-state index contributed by atoms with van der Waals surface area (Å²) in [5, 5.41) is 2.74. The first-order chi connectivity index (χ1) is 14.8. The van der Waals surface area contributed by atoms with E-state index in [1.807, 2.05) is 25.1 Å². The summed E-state index contributed by atoms with van der Waals surface area (Å²) >= 11 is 0. The van der Waals surface area contributed by atoms with E-state index in [0.29, 0.717) is 29.0 Å². The minimum Gasteiger partial charge on any atom is -0.496 e. The number of nitrogens with zero attached hydrogens (tertiary/aromatic N) is 2. The number of hydrogen-bond donors (Lipinski definition) is 1. The molecule has 1 heterocycles. The van der Waals surface area contributed by atoms with Gasteiger partial charge in [-0.15, -0.1) is 0 Å². The molecule has 3 aromatic rings. The first kappa shape index (κ1) is 22.0. The van der Waals surface area contributed by atoms with Crippen LogP contribution in [0.1, 0.15) is 35.5 Å². The molecule has 31 heavy (non-hydrogen) atoms. The van der Waals surface area contributed by atoms with Gasteiger partial charge >= 0.3 is 5.97 Å². The maximum absolute atomic E-state index is 12.6. The van der Waals surface area contributed by atoms with E-state index < -0.39 is 18.0 Å². The Morgan fingerprint density at radius 1 is 1.19 bits per heavy atom. The summed E-state index contributed by atoms with van der Waals surface area (Å²) in [4.78, 5) is 41.4. The average molecular weight is 423 g/mol. The second-order valence-electron chi connectivity index (χ2n) is 7.03. The summed E-state index contributed by atoms with van der Waals surface area (Å²) in [5.74, 6) is -0.402. The molecule has 8 heteroatoms. The number of carbonyl (C=O) groups excluding carboxylic acids is 2. The van der Waals surface area contributed by atoms with Gasteiger partial charge < -0.3 is 19.4 Å². The van der Waals surface area contributed by atoms with Gasteiger partial charge in [0.15, 0.2) is 6.10 Å². The van der Waals surface area contributed by atoms with Crippen molar-refractivity contribution in [3.8, 4) is 5.75 Å². The highest BCUT2D eigenvalue weighted by atomic mass is 16.5. The number of aromatic nitrogens is 2. The van der Waals surface area contributed by atoms with Crippen molar-refractivity contribution >= 4 is 22.9 Å². The van der Waals surface area contributed by atoms with Crippen molar-refractivity contribution in [3.63, 3.8) is 0 Å². The van der Waals surface area contributed by atoms with Crippen molar-refractivity contribution in [1.29, 1.82) is 0 Å². The van der Waals surface area contributed by atoms with Crippen LogP contribution in [0.3, 0.4) is 0 Å². The Bertz CT molecular complexity index is 1190. The minimum absolute atomic E-state index is 0.161. The summed E-state index contributed by atoms with van der Waals surface area (Å²) < 4.78 is 12.2. The SMILES string of the molecule is CCn1c(=O)c(C)nc2cc(C(=O)O[C@@H](C)C(=O)NCc3ccccc3OC)ccc21. The van der Waals surface area contributed by atoms with Crippen molar-refractivity contribution in [1.82, 2.24) is 14.9 Å². The number of rotatable bonds is 7. The molecule has 0 spiro atoms. The van der Waals surface area contributed by atoms with Crippen LogP contribution in [0.5, 0.6) is 5.75 Å². The molecule has 1 aromatic heterocycles. The Morgan fingerprint density at radius 2 is 1.94 bits per heavy atom. The van der Waals surface area contributed by atoms with Gasteiger partial charge in [0.2, 0.25) is 0 Å². The fourth-order valence-corrected chi connectivity index (χ4v) is 3.27. The van der Waals surface area contributed by atoms with Crippen molar-refractivity contribution in [2.45, 2.75) is 40.0 Å². The number of hydrogen-bond acceptors (Lipinski definition) is 6. The fourth-order valence-electron chi connectivity index (χ4n) is 3.27. The van der Waals surface area contributed by atoms with Gasteiger partial charge in [-0.3, -0.25) is 9.59 Å². The quantitative estimate of drug-likeness (QED) is 0.587. The monoisotopic (exact) mass is 423 g/mol. The van der Waals surface area contributed by atoms with E-state index in [4.69, 9.17) is 9.47 Å². The lowest BCUT2D eigenvalue weighted by atomic mass is 10.2. The number of aryl methyl sites for hydroxylation is 2. The third-order valence-electron chi connectivity index (χ3n) is 4.96. The van der Waals surface area contributed by atoms with Gasteiger partial charge in [0, 0.05) is 18.7 Å². The zero-order valence-electron chi connectivity index (χ0n) is 18.0. The number of carbonyl (C=O) groups is 2. The molecule has 0 saturated heterocycles. The van der Waals surface area contributed by atoms with Gasteiger partial charge in [0.05, 0.1) is 23.7 Å². The number of para-hydroxylation sites is 1. The summed E-state index contributed by atoms with van der Waals surface area (Å²) in [7, 11) is 1.56. The van der Waals surface area contributed by atoms with Gasteiger partial charge in [-0.25, -0.2) is 9.78 Å². The predicted octanol–water partition coefficient (Wildman–Crippen LogP) is 2.60. The van der Waals surface area contributed by atoms with Crippen LogP contribution in [-0.2, 0) is 22.6 Å². The second-order valence-corrected chi connectivity index (χ2v) is 7.03. The maximum Gasteiger partial charge on any atom is 0.338 e. The van der Waals surface area contributed by atoms with E-state index >= 15 is 0 Å². The lowest BCUT2D eigenvalue weighted by Crippen LogP contribution is -2.35. The van der Waals surface area contributed by atoms with Crippen molar-refractivity contribution in [2.75, 3.05) is 7.11 Å². The molecule has 2 aromatic carbocycles. The van der Waals surface area contributed by atoms with Crippen LogP contribution in [0.25, 0.3) is 11.0 Å². The largest absolute Gasteiger partial charge is 0.496 e. The van der Waals surface area contributed by atoms with Crippen molar-refractivity contribution < 1.29 is 19.1 Å². The fraction of sp³-hybridized carbons (Fsp3) is 0.304. The molecular formula is C23H25N3O5. The maximum atomic E-state index is 12.6. The number of ether oxygens (including phenoxy) is 2. The number of methoxy groups -OCH3 is 1. The Morgan fingerprint density at radius 3 is 2.65 bits per heavy atom. The predicted molar refractivity (Wildman–Crippen MR) is 116 cm³/mol. The summed E-state index contributed by atoms with van der Waals surface area (Å²) in [5.41, 5.74) is 2.41. The van der Waals surface area contributed by atoms with Gasteiger partial charge in [-0.1, -0.05) is 18.2 Å². The molecular weight excluding hydrogens is 398 g/mol. The van der Waals surface area contributed by atoms with E-state index in [0.717, 1.165) is 5.56 Å². The van der Waals surface area contributed by atoms with Crippen LogP contribution < -0.4 is 15.6 Å². The van der Waals surface area contributed by atoms with E-state index in [-0.39, 0.29) is 17.7 Å². The number of amides is 1. The van der Waals surface area contributed by atoms with Crippen LogP contribution in [-0.4, -0.2) is 34.6 Å². The Labute approximate surface area is 179 Å². The highest BCUT2D eigenvalue weighted by Crippen LogP contribution is 2.17. The normalized spacial score (nSPS) is 11.7. The molecule has 0 fully saturated rings. The molecule has 0 radical (unpaired) electrons. The molecule has 3 rings (SSSR count). The van der Waals surface area contributed by atoms with Gasteiger partial charge in [0.1, 0.15) is 11.4 Å². The van der Waals surface area contributed by atoms with Crippen molar-refractivity contribution in [3.05, 3.63) is 69.6 Å². The van der Waals surface area contributed by atoms with E-state index in [9.17, 15) is 14.4 Å². The second kappa shape index (κ2) is 9.42. The standard InChI is InChI=1S/C23H25N3O5/c1-5-26-19-11-10-16(12-18(19)25-14(2)22(26)28)23(29)31-15(3)21(27)24-13-17-8-6-7-9-20(17)30-4/h6-12,15H,5,13H2,1-4H3,(H,24,27)/t15-/m0/s1. The van der Waals surface area contributed by atoms with E-state index in [2.05, 4.69) is 10.3 Å². The molecule has 1 atom stereocenters. The van der Waals surface area contributed by atoms with Crippen LogP contribution >= 0.6 is 0 Å². The molecule has 0 unspecified atom stereocenters. The third-order valence-corrected chi connectivity index (χ3v) is 4.96. The molecule has 0 saturated carbocycles. The van der Waals surface area contributed by atoms with Gasteiger partial charge in [-0.2, -0.15) is 0 Å². The number of benzene rings is 2. The molecule has 0 aliphatic carbocycles. The summed E-state index contributed by atoms with van der Waals surface area (Å²) in [6.45, 7) is 5.75. The highest BCUT2D eigenvalue weighted by molar-refractivity contribution is 5.95. The Hall–Kier alpha value is -3.68. The topological polar surface area (TPSA) is 99.5 Å². The number of nitrogens with one attached hydrogen (secondary N) is 1. The zero-order valence-corrected chi connectivity index (χ0v) is 18.0. The van der Waals surface area contributed by atoms with E-state index in [1.54, 1.807) is 42.9 Å². The molecule has 1 N–H and O–H groups in total. The smallest absolute Gasteiger partial charge is 0.338 e. The van der Waals surface area contributed by atoms with Gasteiger partial charge in [0.25, 0.3) is 11.5 Å². The van der Waals surface area contributed by atoms with Gasteiger partial charge in [-0.05, 0) is 45.0 Å². The molecule has 0 bridgehead atoms. The highest BCUT2D eigenvalue weighted by Gasteiger charge is 2.20. The summed E-state index contributed by atoms with van der Waals surface area (Å²) in [6.07, 6.45) is -0.989. The first-order valence-corrected chi connectivity index (χ1v) is 9.97. The lowest BCUT2D eigenvalue weighted by Gasteiger charge is -2.15. The van der Waals surface area contributed by atoms with Crippen LogP contribution in [0.4, 0.5) is 0 Å². The van der Waals surface area contributed by atoms with Crippen LogP contribution in [0, 0.1) is 6.92 Å². The number of esters is 1. The summed E-state index contributed by atoms with van der Waals surface area (Å²) in [6, 6.07) is 12.1. The average Bonchev–Trinajstić information content (AvgIpc) is 2.78. The first-order valence-electron chi connectivity index (χ1n) is 9.97. The minimum atomic E-state index is -0.989. The molecule has 0 aliphatic rings. The Kier molecular flexibility index (Phi) is 6.69. The molecule has 162 valence electrons. The van der Waals surface area contributed by atoms with Crippen molar-refractivity contribution in [2.24, 2.45) is 0 Å². The molecule has 0 aliphatic heterocycles. The zero-order chi connectivity index (χ0) is 22.5. The number of fused-ring (bicyclic) bond motifs is 1. The Balaban J connectivity index is 1.70. The molecule has 1 amide bonds. The van der Waals surface area contributed by atoms with Crippen LogP contribution in [0.2, 0.25) is 0 Å². The molecule has 8 nitrogen and oxygen atoms in total.